The molecule has 4 nitrogen and oxygen atoms in total. The fourth-order valence-corrected chi connectivity index (χ4v) is 1.01. The van der Waals surface area contributed by atoms with E-state index in [1.807, 2.05) is 19.0 Å². The van der Waals surface area contributed by atoms with Crippen LogP contribution in [-0.2, 0) is 0 Å². The van der Waals surface area contributed by atoms with Crippen LogP contribution in [0.1, 0.15) is 10.4 Å². The van der Waals surface area contributed by atoms with Gasteiger partial charge in [-0.3, -0.25) is 4.79 Å². The minimum Gasteiger partial charge on any atom is -0.761 e. The van der Waals surface area contributed by atoms with E-state index in [-0.39, 0.29) is 0 Å². The van der Waals surface area contributed by atoms with Crippen LogP contribution in [0.2, 0.25) is 0 Å². The van der Waals surface area contributed by atoms with Crippen LogP contribution in [0, 0.1) is 5.21 Å². The predicted molar refractivity (Wildman–Crippen MR) is 53.1 cm³/mol. The van der Waals surface area contributed by atoms with E-state index in [0.717, 1.165) is 5.69 Å². The van der Waals surface area contributed by atoms with E-state index in [2.05, 4.69) is 0 Å². The lowest BCUT2D eigenvalue weighted by Crippen LogP contribution is -2.09. The molecule has 0 aliphatic heterocycles. The smallest absolute Gasteiger partial charge is 0.152 e. The minimum atomic E-state index is 0.307. The SMILES string of the molecule is CN(C)c1ccc(C=O)c(N[O-])c1. The maximum atomic E-state index is 10.5. The van der Waals surface area contributed by atoms with Gasteiger partial charge in [-0.15, -0.1) is 0 Å². The first-order chi connectivity index (χ1) is 6.19. The van der Waals surface area contributed by atoms with Crippen LogP contribution in [0.25, 0.3) is 0 Å². The van der Waals surface area contributed by atoms with Crippen molar-refractivity contribution in [3.05, 3.63) is 29.0 Å². The number of nitrogens with zero attached hydrogens (tertiary/aromatic N) is 1. The molecule has 0 bridgehead atoms. The van der Waals surface area contributed by atoms with Crippen molar-refractivity contribution >= 4 is 17.7 Å². The maximum Gasteiger partial charge on any atom is 0.152 e. The Morgan fingerprint density at radius 3 is 2.62 bits per heavy atom. The van der Waals surface area contributed by atoms with Gasteiger partial charge < -0.3 is 15.6 Å². The van der Waals surface area contributed by atoms with Gasteiger partial charge in [0.25, 0.3) is 0 Å². The van der Waals surface area contributed by atoms with Crippen LogP contribution in [-0.4, -0.2) is 20.4 Å². The lowest BCUT2D eigenvalue weighted by Gasteiger charge is -2.17. The molecule has 4 heteroatoms. The number of aldehydes is 1. The molecule has 0 aliphatic carbocycles. The molecule has 1 aromatic carbocycles. The Kier molecular flexibility index (Phi) is 2.87. The highest BCUT2D eigenvalue weighted by Gasteiger charge is 2.00. The largest absolute Gasteiger partial charge is 0.761 e. The number of carbonyl (C=O) groups excluding carboxylic acids is 1. The van der Waals surface area contributed by atoms with Crippen molar-refractivity contribution < 1.29 is 4.79 Å². The summed E-state index contributed by atoms with van der Waals surface area (Å²) in [5.74, 6) is 0. The summed E-state index contributed by atoms with van der Waals surface area (Å²) >= 11 is 0. The number of anilines is 2. The van der Waals surface area contributed by atoms with Crippen molar-refractivity contribution in [3.63, 3.8) is 0 Å². The summed E-state index contributed by atoms with van der Waals surface area (Å²) in [7, 11) is 3.73. The second-order valence-electron chi connectivity index (χ2n) is 2.89. The van der Waals surface area contributed by atoms with Gasteiger partial charge in [0.15, 0.2) is 6.29 Å². The van der Waals surface area contributed by atoms with Gasteiger partial charge in [0.1, 0.15) is 0 Å². The molecule has 0 fully saturated rings. The molecule has 0 radical (unpaired) electrons. The molecule has 0 spiro atoms. The molecule has 0 heterocycles. The molecular weight excluding hydrogens is 168 g/mol. The number of hydrogen-bond donors (Lipinski definition) is 1. The number of hydrogen-bond acceptors (Lipinski definition) is 4. The molecule has 0 saturated carbocycles. The number of nitrogens with one attached hydrogen (secondary N) is 1. The van der Waals surface area contributed by atoms with Crippen LogP contribution < -0.4 is 10.4 Å². The fourth-order valence-electron chi connectivity index (χ4n) is 1.01. The van der Waals surface area contributed by atoms with E-state index in [0.29, 0.717) is 17.5 Å². The van der Waals surface area contributed by atoms with Crippen molar-refractivity contribution in [1.29, 1.82) is 0 Å². The Balaban J connectivity index is 3.12. The highest BCUT2D eigenvalue weighted by atomic mass is 16.5. The average Bonchev–Trinajstić information content (AvgIpc) is 2.16. The third-order valence-electron chi connectivity index (χ3n) is 1.79. The molecule has 0 amide bonds. The molecule has 0 atom stereocenters. The van der Waals surface area contributed by atoms with E-state index in [1.54, 1.807) is 23.7 Å². The molecule has 0 aromatic heterocycles. The molecule has 1 rings (SSSR count). The minimum absolute atomic E-state index is 0.307. The first kappa shape index (κ1) is 9.54. The second kappa shape index (κ2) is 3.91. The van der Waals surface area contributed by atoms with Crippen molar-refractivity contribution in [1.82, 2.24) is 0 Å². The van der Waals surface area contributed by atoms with E-state index >= 15 is 0 Å². The Labute approximate surface area is 76.7 Å². The summed E-state index contributed by atoms with van der Waals surface area (Å²) < 4.78 is 0. The highest BCUT2D eigenvalue weighted by molar-refractivity contribution is 5.86. The van der Waals surface area contributed by atoms with Crippen molar-refractivity contribution in [2.45, 2.75) is 0 Å². The Morgan fingerprint density at radius 2 is 2.15 bits per heavy atom. The quantitative estimate of drug-likeness (QED) is 0.564. The topological polar surface area (TPSA) is 55.4 Å². The third-order valence-corrected chi connectivity index (χ3v) is 1.79. The van der Waals surface area contributed by atoms with Gasteiger partial charge in [0.05, 0.1) is 0 Å². The second-order valence-corrected chi connectivity index (χ2v) is 2.89. The van der Waals surface area contributed by atoms with Gasteiger partial charge in [-0.05, 0) is 18.2 Å². The fraction of sp³-hybridized carbons (Fsp3) is 0.222. The molecule has 0 unspecified atom stereocenters. The maximum absolute atomic E-state index is 10.5. The molecule has 1 aromatic rings. The van der Waals surface area contributed by atoms with Gasteiger partial charge in [0, 0.05) is 31.0 Å². The monoisotopic (exact) mass is 179 g/mol. The molecular formula is C9H11N2O2-. The molecule has 0 aliphatic rings. The van der Waals surface area contributed by atoms with Gasteiger partial charge in [-0.2, -0.15) is 0 Å². The van der Waals surface area contributed by atoms with Crippen molar-refractivity contribution in [2.75, 3.05) is 24.5 Å². The van der Waals surface area contributed by atoms with Crippen LogP contribution in [0.3, 0.4) is 0 Å². The summed E-state index contributed by atoms with van der Waals surface area (Å²) in [4.78, 5) is 12.3. The van der Waals surface area contributed by atoms with E-state index in [1.165, 1.54) is 0 Å². The van der Waals surface area contributed by atoms with Crippen LogP contribution >= 0.6 is 0 Å². The van der Waals surface area contributed by atoms with E-state index < -0.39 is 0 Å². The molecule has 1 N–H and O–H groups in total. The summed E-state index contributed by atoms with van der Waals surface area (Å²) in [6.07, 6.45) is 0.652. The average molecular weight is 179 g/mol. The lowest BCUT2D eigenvalue weighted by molar-refractivity contribution is 0.112. The predicted octanol–water partition coefficient (Wildman–Crippen LogP) is 1.47. The Morgan fingerprint density at radius 1 is 1.46 bits per heavy atom. The highest BCUT2D eigenvalue weighted by Crippen LogP contribution is 2.20. The zero-order valence-electron chi connectivity index (χ0n) is 7.57. The van der Waals surface area contributed by atoms with Crippen LogP contribution in [0.5, 0.6) is 0 Å². The standard InChI is InChI=1S/C9H11N2O2/c1-11(2)8-4-3-7(6-12)9(5-8)10-13/h3-6,10H,1-2H3/q-1. The van der Waals surface area contributed by atoms with Gasteiger partial charge in [-0.25, -0.2) is 0 Å². The van der Waals surface area contributed by atoms with Crippen molar-refractivity contribution in [2.24, 2.45) is 0 Å². The number of benzene rings is 1. The van der Waals surface area contributed by atoms with E-state index in [4.69, 9.17) is 0 Å². The normalized spacial score (nSPS) is 9.46. The zero-order valence-corrected chi connectivity index (χ0v) is 7.57. The summed E-state index contributed by atoms with van der Waals surface area (Å²) in [6.45, 7) is 0. The van der Waals surface area contributed by atoms with Gasteiger partial charge >= 0.3 is 0 Å². The summed E-state index contributed by atoms with van der Waals surface area (Å²) in [5, 5.41) is 10.5. The molecule has 0 saturated heterocycles. The number of rotatable bonds is 3. The number of carbonyl (C=O) groups is 1. The first-order valence-corrected chi connectivity index (χ1v) is 3.83. The van der Waals surface area contributed by atoms with Gasteiger partial charge in [-0.1, -0.05) is 0 Å². The lowest BCUT2D eigenvalue weighted by atomic mass is 10.2. The van der Waals surface area contributed by atoms with Gasteiger partial charge in [0.2, 0.25) is 0 Å². The van der Waals surface area contributed by atoms with Crippen LogP contribution in [0.4, 0.5) is 11.4 Å². The van der Waals surface area contributed by atoms with E-state index in [9.17, 15) is 10.0 Å². The summed E-state index contributed by atoms with van der Waals surface area (Å²) in [6, 6.07) is 5.03. The Bertz CT molecular complexity index is 310. The third kappa shape index (κ3) is 1.97. The molecule has 70 valence electrons. The zero-order chi connectivity index (χ0) is 9.84. The first-order valence-electron chi connectivity index (χ1n) is 3.83. The summed E-state index contributed by atoms with van der Waals surface area (Å²) in [5.41, 5.74) is 3.29. The van der Waals surface area contributed by atoms with Crippen molar-refractivity contribution in [3.8, 4) is 0 Å². The van der Waals surface area contributed by atoms with Crippen LogP contribution in [0.15, 0.2) is 18.2 Å². The Hall–Kier alpha value is -1.55. The molecule has 13 heavy (non-hydrogen) atoms.